The second-order valence-corrected chi connectivity index (χ2v) is 5.89. The number of hydrogen-bond acceptors (Lipinski definition) is 4. The molecule has 1 N–H and O–H groups in total. The molecule has 1 atom stereocenters. The van der Waals surface area contributed by atoms with Crippen molar-refractivity contribution in [1.29, 1.82) is 0 Å². The predicted molar refractivity (Wildman–Crippen MR) is 78.8 cm³/mol. The number of nitrogens with zero attached hydrogens (tertiary/aromatic N) is 2. The maximum absolute atomic E-state index is 3.95. The van der Waals surface area contributed by atoms with Crippen LogP contribution in [0.15, 0.2) is 34.9 Å². The Morgan fingerprint density at radius 1 is 1.44 bits per heavy atom. The molecule has 1 unspecified atom stereocenters. The number of nitrogens with one attached hydrogen (secondary N) is 1. The fraction of sp³-hybridized carbons (Fsp3) is 0.385. The minimum atomic E-state index is 0.305. The van der Waals surface area contributed by atoms with Crippen molar-refractivity contribution in [3.8, 4) is 0 Å². The smallest absolute Gasteiger partial charge is 0.0669 e. The van der Waals surface area contributed by atoms with Crippen molar-refractivity contribution < 1.29 is 0 Å². The van der Waals surface area contributed by atoms with E-state index in [-0.39, 0.29) is 0 Å². The molecular formula is C13H16BrN3S. The third kappa shape index (κ3) is 3.86. The van der Waals surface area contributed by atoms with Gasteiger partial charge in [0.1, 0.15) is 0 Å². The second kappa shape index (κ2) is 6.97. The Morgan fingerprint density at radius 2 is 2.33 bits per heavy atom. The molecule has 1 heterocycles. The lowest BCUT2D eigenvalue weighted by Gasteiger charge is -2.16. The van der Waals surface area contributed by atoms with Gasteiger partial charge in [0.05, 0.1) is 11.1 Å². The normalized spacial score (nSPS) is 12.6. The van der Waals surface area contributed by atoms with E-state index >= 15 is 0 Å². The molecule has 0 radical (unpaired) electrons. The summed E-state index contributed by atoms with van der Waals surface area (Å²) in [5, 5.41) is 7.48. The van der Waals surface area contributed by atoms with E-state index in [1.54, 1.807) is 0 Å². The van der Waals surface area contributed by atoms with E-state index in [9.17, 15) is 0 Å². The summed E-state index contributed by atoms with van der Waals surface area (Å²) in [5.41, 5.74) is 1.31. The molecule has 0 saturated heterocycles. The van der Waals surface area contributed by atoms with Crippen LogP contribution in [0.2, 0.25) is 0 Å². The van der Waals surface area contributed by atoms with E-state index in [2.05, 4.69) is 56.0 Å². The topological polar surface area (TPSA) is 37.8 Å². The summed E-state index contributed by atoms with van der Waals surface area (Å²) >= 11 is 4.98. The average molecular weight is 326 g/mol. The Balaban J connectivity index is 2.10. The first kappa shape index (κ1) is 13.6. The van der Waals surface area contributed by atoms with Crippen LogP contribution in [-0.4, -0.2) is 16.1 Å². The van der Waals surface area contributed by atoms with E-state index in [1.807, 2.05) is 12.3 Å². The Labute approximate surface area is 120 Å². The van der Waals surface area contributed by atoms with Crippen molar-refractivity contribution in [2.75, 3.05) is 6.54 Å². The van der Waals surface area contributed by atoms with E-state index in [1.165, 1.54) is 22.0 Å². The van der Waals surface area contributed by atoms with Crippen LogP contribution >= 0.6 is 27.5 Å². The number of halogens is 1. The lowest BCUT2D eigenvalue weighted by atomic mass is 10.1. The maximum atomic E-state index is 3.95. The molecule has 1 aromatic carbocycles. The first-order valence-corrected chi connectivity index (χ1v) is 7.61. The quantitative estimate of drug-likeness (QED) is 0.882. The van der Waals surface area contributed by atoms with Crippen LogP contribution in [0, 0.1) is 0 Å². The van der Waals surface area contributed by atoms with Crippen LogP contribution in [-0.2, 0) is 6.42 Å². The summed E-state index contributed by atoms with van der Waals surface area (Å²) < 4.78 is 5.07. The molecule has 0 spiro atoms. The molecule has 3 nitrogen and oxygen atoms in total. The highest BCUT2D eigenvalue weighted by molar-refractivity contribution is 9.10. The monoisotopic (exact) mass is 325 g/mol. The highest BCUT2D eigenvalue weighted by Crippen LogP contribution is 2.22. The molecule has 0 aliphatic heterocycles. The summed E-state index contributed by atoms with van der Waals surface area (Å²) in [7, 11) is 0. The first-order valence-electron chi connectivity index (χ1n) is 6.04. The van der Waals surface area contributed by atoms with Gasteiger partial charge in [0.2, 0.25) is 0 Å². The summed E-state index contributed by atoms with van der Waals surface area (Å²) in [6, 6.07) is 8.74. The third-order valence-electron chi connectivity index (χ3n) is 2.69. The molecule has 2 rings (SSSR count). The molecule has 0 fully saturated rings. The molecule has 0 bridgehead atoms. The molecule has 0 aliphatic rings. The number of rotatable bonds is 6. The average Bonchev–Trinajstić information content (AvgIpc) is 2.88. The fourth-order valence-corrected chi connectivity index (χ4v) is 2.84. The lowest BCUT2D eigenvalue weighted by Crippen LogP contribution is -2.23. The number of benzene rings is 1. The zero-order valence-corrected chi connectivity index (χ0v) is 12.7. The molecular weight excluding hydrogens is 310 g/mol. The minimum Gasteiger partial charge on any atom is -0.309 e. The van der Waals surface area contributed by atoms with Gasteiger partial charge in [-0.05, 0) is 48.6 Å². The Hall–Kier alpha value is -0.780. The molecule has 1 aromatic heterocycles. The van der Waals surface area contributed by atoms with Crippen LogP contribution in [0.4, 0.5) is 0 Å². The summed E-state index contributed by atoms with van der Waals surface area (Å²) in [5.74, 6) is 0. The van der Waals surface area contributed by atoms with Crippen LogP contribution in [0.1, 0.15) is 29.8 Å². The van der Waals surface area contributed by atoms with Crippen molar-refractivity contribution in [3.63, 3.8) is 0 Å². The van der Waals surface area contributed by atoms with E-state index < -0.39 is 0 Å². The van der Waals surface area contributed by atoms with Crippen molar-refractivity contribution in [1.82, 2.24) is 14.9 Å². The van der Waals surface area contributed by atoms with Gasteiger partial charge >= 0.3 is 0 Å². The van der Waals surface area contributed by atoms with Crippen molar-refractivity contribution in [3.05, 3.63) is 45.4 Å². The minimum absolute atomic E-state index is 0.305. The van der Waals surface area contributed by atoms with Gasteiger partial charge in [0, 0.05) is 10.5 Å². The van der Waals surface area contributed by atoms with Gasteiger partial charge in [-0.15, -0.1) is 5.10 Å². The standard InChI is InChI=1S/C13H16BrN3S/c1-2-6-15-12(13-9-16-17-18-13)8-10-4-3-5-11(14)7-10/h3-5,7,9,12,15H,2,6,8H2,1H3. The molecule has 5 heteroatoms. The molecule has 2 aromatic rings. The van der Waals surface area contributed by atoms with Crippen molar-refractivity contribution in [2.45, 2.75) is 25.8 Å². The molecule has 0 aliphatic carbocycles. The van der Waals surface area contributed by atoms with Crippen LogP contribution in [0.25, 0.3) is 0 Å². The Kier molecular flexibility index (Phi) is 5.28. The molecule has 0 amide bonds. The molecule has 0 saturated carbocycles. The van der Waals surface area contributed by atoms with Gasteiger partial charge in [-0.2, -0.15) is 0 Å². The van der Waals surface area contributed by atoms with Gasteiger partial charge in [0.15, 0.2) is 0 Å². The molecule has 96 valence electrons. The largest absolute Gasteiger partial charge is 0.309 e. The highest BCUT2D eigenvalue weighted by atomic mass is 79.9. The number of hydrogen-bond donors (Lipinski definition) is 1. The van der Waals surface area contributed by atoms with Gasteiger partial charge in [0.25, 0.3) is 0 Å². The zero-order valence-electron chi connectivity index (χ0n) is 10.3. The third-order valence-corrected chi connectivity index (χ3v) is 3.96. The SMILES string of the molecule is CCCNC(Cc1cccc(Br)c1)c1cnns1. The zero-order chi connectivity index (χ0) is 12.8. The second-order valence-electron chi connectivity index (χ2n) is 4.16. The molecule has 18 heavy (non-hydrogen) atoms. The predicted octanol–water partition coefficient (Wildman–Crippen LogP) is 3.58. The Bertz CT molecular complexity index is 473. The van der Waals surface area contributed by atoms with Gasteiger partial charge in [-0.1, -0.05) is 39.5 Å². The van der Waals surface area contributed by atoms with Crippen LogP contribution < -0.4 is 5.32 Å². The van der Waals surface area contributed by atoms with Gasteiger partial charge in [-0.25, -0.2) is 0 Å². The van der Waals surface area contributed by atoms with Crippen molar-refractivity contribution >= 4 is 27.5 Å². The lowest BCUT2D eigenvalue weighted by molar-refractivity contribution is 0.536. The van der Waals surface area contributed by atoms with Crippen molar-refractivity contribution in [2.24, 2.45) is 0 Å². The summed E-state index contributed by atoms with van der Waals surface area (Å²) in [6.45, 7) is 3.19. The fourth-order valence-electron chi connectivity index (χ4n) is 1.82. The maximum Gasteiger partial charge on any atom is 0.0669 e. The van der Waals surface area contributed by atoms with Gasteiger partial charge < -0.3 is 5.32 Å². The number of aromatic nitrogens is 2. The van der Waals surface area contributed by atoms with E-state index in [4.69, 9.17) is 0 Å². The highest BCUT2D eigenvalue weighted by Gasteiger charge is 2.13. The van der Waals surface area contributed by atoms with E-state index in [0.29, 0.717) is 6.04 Å². The Morgan fingerprint density at radius 3 is 3.00 bits per heavy atom. The first-order chi connectivity index (χ1) is 8.79. The summed E-state index contributed by atoms with van der Waals surface area (Å²) in [6.07, 6.45) is 3.94. The van der Waals surface area contributed by atoms with Crippen LogP contribution in [0.5, 0.6) is 0 Å². The summed E-state index contributed by atoms with van der Waals surface area (Å²) in [4.78, 5) is 1.20. The van der Waals surface area contributed by atoms with Crippen LogP contribution in [0.3, 0.4) is 0 Å². The van der Waals surface area contributed by atoms with Gasteiger partial charge in [-0.3, -0.25) is 0 Å². The van der Waals surface area contributed by atoms with E-state index in [0.717, 1.165) is 23.9 Å².